The van der Waals surface area contributed by atoms with Crippen molar-refractivity contribution in [2.75, 3.05) is 0 Å². The second kappa shape index (κ2) is 6.75. The molecule has 3 rings (SSSR count). The Labute approximate surface area is 136 Å². The number of rotatable bonds is 4. The normalized spacial score (nSPS) is 21.7. The van der Waals surface area contributed by atoms with Crippen molar-refractivity contribution in [1.82, 2.24) is 0 Å². The van der Waals surface area contributed by atoms with E-state index >= 15 is 0 Å². The molecule has 0 aliphatic heterocycles. The fraction of sp³-hybridized carbons (Fsp3) is 0.526. The van der Waals surface area contributed by atoms with Crippen LogP contribution in [0, 0.1) is 5.92 Å². The number of phenolic OH excluding ortho intramolecular Hbond substituents is 1. The molecule has 0 unspecified atom stereocenters. The van der Waals surface area contributed by atoms with Crippen molar-refractivity contribution in [2.45, 2.75) is 58.5 Å². The third-order valence-electron chi connectivity index (χ3n) is 5.23. The first-order chi connectivity index (χ1) is 11.1. The summed E-state index contributed by atoms with van der Waals surface area (Å²) in [7, 11) is 0. The van der Waals surface area contributed by atoms with E-state index in [1.165, 1.54) is 25.7 Å². The molecule has 3 N–H and O–H groups in total. The maximum Gasteiger partial charge on any atom is 0.336 e. The molecule has 1 saturated carbocycles. The van der Waals surface area contributed by atoms with E-state index in [0.29, 0.717) is 11.6 Å². The Morgan fingerprint density at radius 1 is 1.22 bits per heavy atom. The van der Waals surface area contributed by atoms with Crippen molar-refractivity contribution in [3.63, 3.8) is 0 Å². The molecular formula is C19H26NO3+. The third kappa shape index (κ3) is 3.42. The SMILES string of the molecule is CCc1cc2c(C[NH2+][C@@H]3CCCC[C@@H]3C)cc(=O)oc2cc1O. The number of aryl methyl sites for hydroxylation is 1. The van der Waals surface area contributed by atoms with Crippen LogP contribution in [0.15, 0.2) is 27.4 Å². The van der Waals surface area contributed by atoms with E-state index in [-0.39, 0.29) is 11.4 Å². The second-order valence-corrected chi connectivity index (χ2v) is 6.79. The minimum absolute atomic E-state index is 0.199. The Balaban J connectivity index is 1.91. The van der Waals surface area contributed by atoms with Gasteiger partial charge in [-0.05, 0) is 37.3 Å². The first-order valence-corrected chi connectivity index (χ1v) is 8.70. The zero-order valence-corrected chi connectivity index (χ0v) is 14.0. The van der Waals surface area contributed by atoms with Crippen molar-refractivity contribution in [3.8, 4) is 5.75 Å². The standard InChI is InChI=1S/C19H25NO3/c1-3-13-8-15-14(9-19(22)23-18(15)10-17(13)21)11-20-16-7-5-4-6-12(16)2/h8-10,12,16,20-21H,3-7,11H2,1-2H3/p+1/t12-,16+/m0/s1. The maximum atomic E-state index is 11.8. The first-order valence-electron chi connectivity index (χ1n) is 8.70. The van der Waals surface area contributed by atoms with Gasteiger partial charge in [0.15, 0.2) is 0 Å². The molecule has 1 fully saturated rings. The fourth-order valence-electron chi connectivity index (χ4n) is 3.73. The highest BCUT2D eigenvalue weighted by Crippen LogP contribution is 2.27. The minimum atomic E-state index is -0.346. The van der Waals surface area contributed by atoms with Gasteiger partial charge in [-0.2, -0.15) is 0 Å². The molecule has 1 aliphatic carbocycles. The molecule has 2 aromatic rings. The Morgan fingerprint density at radius 2 is 2.00 bits per heavy atom. The number of benzene rings is 1. The van der Waals surface area contributed by atoms with Crippen LogP contribution in [0.5, 0.6) is 5.75 Å². The lowest BCUT2D eigenvalue weighted by Crippen LogP contribution is -2.90. The number of hydrogen-bond donors (Lipinski definition) is 2. The molecule has 0 radical (unpaired) electrons. The van der Waals surface area contributed by atoms with Gasteiger partial charge in [0.25, 0.3) is 0 Å². The molecular weight excluding hydrogens is 290 g/mol. The second-order valence-electron chi connectivity index (χ2n) is 6.79. The van der Waals surface area contributed by atoms with Crippen molar-refractivity contribution in [1.29, 1.82) is 0 Å². The Bertz CT molecular complexity index is 750. The predicted octanol–water partition coefficient (Wildman–Crippen LogP) is 2.70. The number of phenols is 1. The van der Waals surface area contributed by atoms with Crippen LogP contribution in [0.1, 0.15) is 50.7 Å². The molecule has 1 aliphatic rings. The number of quaternary nitrogens is 1. The van der Waals surface area contributed by atoms with Crippen LogP contribution in [0.2, 0.25) is 0 Å². The van der Waals surface area contributed by atoms with Crippen LogP contribution in [-0.2, 0) is 13.0 Å². The Morgan fingerprint density at radius 3 is 2.74 bits per heavy atom. The monoisotopic (exact) mass is 316 g/mol. The number of aromatic hydroxyl groups is 1. The van der Waals surface area contributed by atoms with Crippen LogP contribution < -0.4 is 10.9 Å². The summed E-state index contributed by atoms with van der Waals surface area (Å²) in [6, 6.07) is 5.76. The van der Waals surface area contributed by atoms with Crippen LogP contribution in [0.3, 0.4) is 0 Å². The van der Waals surface area contributed by atoms with Gasteiger partial charge in [0.2, 0.25) is 0 Å². The largest absolute Gasteiger partial charge is 0.508 e. The zero-order valence-electron chi connectivity index (χ0n) is 14.0. The minimum Gasteiger partial charge on any atom is -0.508 e. The van der Waals surface area contributed by atoms with Gasteiger partial charge in [0.1, 0.15) is 17.9 Å². The average molecular weight is 316 g/mol. The lowest BCUT2D eigenvalue weighted by Gasteiger charge is -2.26. The van der Waals surface area contributed by atoms with Gasteiger partial charge in [-0.1, -0.05) is 20.3 Å². The van der Waals surface area contributed by atoms with Crippen molar-refractivity contribution >= 4 is 11.0 Å². The van der Waals surface area contributed by atoms with Gasteiger partial charge >= 0.3 is 5.63 Å². The lowest BCUT2D eigenvalue weighted by molar-refractivity contribution is -0.712. The van der Waals surface area contributed by atoms with Gasteiger partial charge in [0, 0.05) is 29.0 Å². The van der Waals surface area contributed by atoms with E-state index in [1.54, 1.807) is 12.1 Å². The maximum absolute atomic E-state index is 11.8. The molecule has 1 heterocycles. The summed E-state index contributed by atoms with van der Waals surface area (Å²) >= 11 is 0. The van der Waals surface area contributed by atoms with Crippen LogP contribution in [-0.4, -0.2) is 11.1 Å². The topological polar surface area (TPSA) is 67.0 Å². The number of nitrogens with two attached hydrogens (primary N) is 1. The lowest BCUT2D eigenvalue weighted by atomic mass is 9.86. The molecule has 4 nitrogen and oxygen atoms in total. The van der Waals surface area contributed by atoms with E-state index in [2.05, 4.69) is 12.2 Å². The average Bonchev–Trinajstić information content (AvgIpc) is 2.53. The molecule has 0 amide bonds. The molecule has 1 aromatic carbocycles. The van der Waals surface area contributed by atoms with Gasteiger partial charge in [-0.25, -0.2) is 4.79 Å². The Kier molecular flexibility index (Phi) is 4.71. The number of hydrogen-bond acceptors (Lipinski definition) is 3. The summed E-state index contributed by atoms with van der Waals surface area (Å²) < 4.78 is 5.27. The molecule has 0 saturated heterocycles. The van der Waals surface area contributed by atoms with Gasteiger partial charge in [0.05, 0.1) is 6.04 Å². The number of fused-ring (bicyclic) bond motifs is 1. The molecule has 0 spiro atoms. The molecule has 1 aromatic heterocycles. The van der Waals surface area contributed by atoms with E-state index < -0.39 is 0 Å². The molecule has 2 atom stereocenters. The van der Waals surface area contributed by atoms with E-state index in [1.807, 2.05) is 13.0 Å². The smallest absolute Gasteiger partial charge is 0.336 e. The van der Waals surface area contributed by atoms with Crippen molar-refractivity contribution in [2.24, 2.45) is 5.92 Å². The molecule has 4 heteroatoms. The van der Waals surface area contributed by atoms with Crippen molar-refractivity contribution in [3.05, 3.63) is 39.7 Å². The summed E-state index contributed by atoms with van der Waals surface area (Å²) in [6.07, 6.45) is 5.94. The van der Waals surface area contributed by atoms with Gasteiger partial charge in [-0.15, -0.1) is 0 Å². The van der Waals surface area contributed by atoms with E-state index in [0.717, 1.165) is 35.4 Å². The van der Waals surface area contributed by atoms with Gasteiger partial charge < -0.3 is 14.8 Å². The molecule has 23 heavy (non-hydrogen) atoms. The third-order valence-corrected chi connectivity index (χ3v) is 5.23. The van der Waals surface area contributed by atoms with E-state index in [4.69, 9.17) is 4.42 Å². The Hall–Kier alpha value is -1.81. The van der Waals surface area contributed by atoms with Crippen LogP contribution in [0.4, 0.5) is 0 Å². The highest BCUT2D eigenvalue weighted by atomic mass is 16.4. The summed E-state index contributed by atoms with van der Waals surface area (Å²) in [4.78, 5) is 11.8. The van der Waals surface area contributed by atoms with Crippen LogP contribution >= 0.6 is 0 Å². The van der Waals surface area contributed by atoms with Gasteiger partial charge in [-0.3, -0.25) is 0 Å². The highest BCUT2D eigenvalue weighted by Gasteiger charge is 2.24. The molecule has 124 valence electrons. The van der Waals surface area contributed by atoms with Crippen molar-refractivity contribution < 1.29 is 14.8 Å². The first kappa shape index (κ1) is 16.1. The zero-order chi connectivity index (χ0) is 16.4. The predicted molar refractivity (Wildman–Crippen MR) is 90.6 cm³/mol. The van der Waals surface area contributed by atoms with E-state index in [9.17, 15) is 9.90 Å². The fourth-order valence-corrected chi connectivity index (χ4v) is 3.73. The summed E-state index contributed by atoms with van der Waals surface area (Å²) in [5, 5.41) is 13.3. The molecule has 0 bridgehead atoms. The highest BCUT2D eigenvalue weighted by molar-refractivity contribution is 5.82. The summed E-state index contributed by atoms with van der Waals surface area (Å²) in [6.45, 7) is 5.12. The quantitative estimate of drug-likeness (QED) is 0.852. The van der Waals surface area contributed by atoms with Crippen LogP contribution in [0.25, 0.3) is 11.0 Å². The summed E-state index contributed by atoms with van der Waals surface area (Å²) in [5.74, 6) is 0.926. The summed E-state index contributed by atoms with van der Waals surface area (Å²) in [5.41, 5.74) is 2.02.